The van der Waals surface area contributed by atoms with Crippen LogP contribution in [0.5, 0.6) is 0 Å². The summed E-state index contributed by atoms with van der Waals surface area (Å²) in [6.45, 7) is 5.91. The SMILES string of the molecule is CC(C)OC(=O)N1CCC(CCCOC2c3ccc4c(c3)CC(S(C)(=O)=O)NC42)CC1. The van der Waals surface area contributed by atoms with Crippen molar-refractivity contribution in [3.8, 4) is 0 Å². The van der Waals surface area contributed by atoms with Crippen LogP contribution >= 0.6 is 0 Å². The van der Waals surface area contributed by atoms with Crippen LogP contribution < -0.4 is 5.32 Å². The number of sulfone groups is 1. The zero-order chi connectivity index (χ0) is 22.2. The van der Waals surface area contributed by atoms with Crippen molar-refractivity contribution in [3.05, 3.63) is 34.9 Å². The number of carbonyl (C=O) groups is 1. The van der Waals surface area contributed by atoms with Crippen molar-refractivity contribution in [2.24, 2.45) is 5.92 Å². The normalized spacial score (nSPS) is 25.8. The highest BCUT2D eigenvalue weighted by molar-refractivity contribution is 7.91. The third kappa shape index (κ3) is 5.07. The highest BCUT2D eigenvalue weighted by Crippen LogP contribution is 2.44. The first-order valence-corrected chi connectivity index (χ1v) is 13.3. The lowest BCUT2D eigenvalue weighted by atomic mass is 9.81. The monoisotopic (exact) mass is 450 g/mol. The molecule has 0 saturated carbocycles. The predicted octanol–water partition coefficient (Wildman–Crippen LogP) is 3.35. The standard InChI is InChI=1S/C23H34N2O5S/c1-15(2)30-23(26)25-10-8-16(9-11-25)5-4-12-29-22-17-6-7-19-18(13-17)14-20(24-21(19)22)31(3,27)28/h6-7,13,15-16,20-22,24H,4-5,8-12,14H2,1-3H3. The van der Waals surface area contributed by atoms with Crippen LogP contribution in [0.15, 0.2) is 18.2 Å². The minimum atomic E-state index is -3.16. The summed E-state index contributed by atoms with van der Waals surface area (Å²) in [5.74, 6) is 0.602. The average Bonchev–Trinajstić information content (AvgIpc) is 2.71. The topological polar surface area (TPSA) is 84.9 Å². The Morgan fingerprint density at radius 2 is 2.00 bits per heavy atom. The van der Waals surface area contributed by atoms with E-state index in [2.05, 4.69) is 23.5 Å². The van der Waals surface area contributed by atoms with Gasteiger partial charge in [-0.2, -0.15) is 0 Å². The van der Waals surface area contributed by atoms with Crippen LogP contribution in [0.2, 0.25) is 0 Å². The molecule has 1 aromatic carbocycles. The van der Waals surface area contributed by atoms with Crippen molar-refractivity contribution in [3.63, 3.8) is 0 Å². The molecule has 0 aromatic heterocycles. The Morgan fingerprint density at radius 3 is 2.68 bits per heavy atom. The van der Waals surface area contributed by atoms with E-state index < -0.39 is 15.2 Å². The van der Waals surface area contributed by atoms with E-state index in [-0.39, 0.29) is 24.3 Å². The number of fused-ring (bicyclic) bond motifs is 1. The third-order valence-corrected chi connectivity index (χ3v) is 8.02. The van der Waals surface area contributed by atoms with Gasteiger partial charge in [0.05, 0.1) is 12.1 Å². The lowest BCUT2D eigenvalue weighted by molar-refractivity contribution is 0.0128. The second kappa shape index (κ2) is 9.08. The molecular formula is C23H34N2O5S. The van der Waals surface area contributed by atoms with Crippen molar-refractivity contribution in [2.45, 2.75) is 69.6 Å². The Kier molecular flexibility index (Phi) is 6.60. The number of carbonyl (C=O) groups excluding carboxylic acids is 1. The number of ether oxygens (including phenoxy) is 2. The maximum atomic E-state index is 12.1. The van der Waals surface area contributed by atoms with Crippen molar-refractivity contribution >= 4 is 15.9 Å². The van der Waals surface area contributed by atoms with E-state index in [0.717, 1.165) is 49.9 Å². The number of rotatable bonds is 7. The number of hydrogen-bond acceptors (Lipinski definition) is 6. The lowest BCUT2D eigenvalue weighted by Gasteiger charge is -2.41. The van der Waals surface area contributed by atoms with Crippen LogP contribution in [-0.2, 0) is 25.7 Å². The van der Waals surface area contributed by atoms with Crippen molar-refractivity contribution < 1.29 is 22.7 Å². The molecule has 2 aliphatic heterocycles. The molecule has 3 atom stereocenters. The van der Waals surface area contributed by atoms with Crippen LogP contribution in [0.4, 0.5) is 4.79 Å². The molecule has 5 rings (SSSR count). The smallest absolute Gasteiger partial charge is 0.410 e. The van der Waals surface area contributed by atoms with Crippen LogP contribution in [0, 0.1) is 5.92 Å². The van der Waals surface area contributed by atoms with Gasteiger partial charge >= 0.3 is 6.09 Å². The van der Waals surface area contributed by atoms with Gasteiger partial charge in [0.15, 0.2) is 9.84 Å². The van der Waals surface area contributed by atoms with Gasteiger partial charge in [-0.25, -0.2) is 13.2 Å². The number of piperidine rings is 1. The van der Waals surface area contributed by atoms with Crippen molar-refractivity contribution in [2.75, 3.05) is 26.0 Å². The van der Waals surface area contributed by atoms with Crippen LogP contribution in [0.25, 0.3) is 0 Å². The molecule has 2 heterocycles. The van der Waals surface area contributed by atoms with Gasteiger partial charge in [0.2, 0.25) is 0 Å². The Hall–Kier alpha value is -1.64. The molecule has 1 fully saturated rings. The minimum absolute atomic E-state index is 0.0799. The third-order valence-electron chi connectivity index (χ3n) is 6.68. The molecule has 172 valence electrons. The van der Waals surface area contributed by atoms with Crippen molar-refractivity contribution in [1.82, 2.24) is 10.2 Å². The summed E-state index contributed by atoms with van der Waals surface area (Å²) in [5, 5.41) is 2.77. The van der Waals surface area contributed by atoms with Gasteiger partial charge in [-0.15, -0.1) is 0 Å². The van der Waals surface area contributed by atoms with Gasteiger partial charge in [-0.05, 0) is 62.1 Å². The quantitative estimate of drug-likeness (QED) is 0.642. The molecule has 1 N–H and O–H groups in total. The summed E-state index contributed by atoms with van der Waals surface area (Å²) in [7, 11) is -3.16. The second-order valence-corrected chi connectivity index (χ2v) is 11.6. The first kappa shape index (κ1) is 22.6. The molecule has 7 nitrogen and oxygen atoms in total. The Bertz CT molecular complexity index is 909. The van der Waals surface area contributed by atoms with Gasteiger partial charge in [0.1, 0.15) is 11.5 Å². The van der Waals surface area contributed by atoms with Gasteiger partial charge in [-0.1, -0.05) is 18.2 Å². The zero-order valence-electron chi connectivity index (χ0n) is 18.7. The van der Waals surface area contributed by atoms with E-state index in [1.54, 1.807) is 0 Å². The summed E-state index contributed by atoms with van der Waals surface area (Å²) >= 11 is 0. The van der Waals surface area contributed by atoms with E-state index in [0.29, 0.717) is 18.9 Å². The number of nitrogens with one attached hydrogen (secondary N) is 1. The fourth-order valence-electron chi connectivity index (χ4n) is 5.00. The summed E-state index contributed by atoms with van der Waals surface area (Å²) in [5.41, 5.74) is 3.42. The number of likely N-dealkylation sites (tertiary alicyclic amines) is 1. The van der Waals surface area contributed by atoms with Crippen LogP contribution in [0.1, 0.15) is 68.4 Å². The molecule has 0 radical (unpaired) electrons. The molecule has 0 spiro atoms. The second-order valence-electron chi connectivity index (χ2n) is 9.42. The van der Waals surface area contributed by atoms with E-state index in [9.17, 15) is 13.2 Å². The first-order chi connectivity index (χ1) is 14.7. The lowest BCUT2D eigenvalue weighted by Crippen LogP contribution is -2.48. The average molecular weight is 451 g/mol. The molecule has 1 amide bonds. The van der Waals surface area contributed by atoms with E-state index in [1.165, 1.54) is 11.8 Å². The van der Waals surface area contributed by atoms with Crippen LogP contribution in [0.3, 0.4) is 0 Å². The van der Waals surface area contributed by atoms with Gasteiger partial charge in [0.25, 0.3) is 0 Å². The van der Waals surface area contributed by atoms with Gasteiger partial charge < -0.3 is 14.4 Å². The molecule has 31 heavy (non-hydrogen) atoms. The predicted molar refractivity (Wildman–Crippen MR) is 118 cm³/mol. The molecule has 2 aliphatic carbocycles. The van der Waals surface area contributed by atoms with E-state index in [1.807, 2.05) is 18.7 Å². The summed E-state index contributed by atoms with van der Waals surface area (Å²) in [4.78, 5) is 13.8. The fraction of sp³-hybridized carbons (Fsp3) is 0.696. The number of benzene rings is 1. The minimum Gasteiger partial charge on any atom is -0.447 e. The number of nitrogens with zero attached hydrogens (tertiary/aromatic N) is 1. The highest BCUT2D eigenvalue weighted by Gasteiger charge is 2.40. The van der Waals surface area contributed by atoms with Gasteiger partial charge in [-0.3, -0.25) is 5.32 Å². The Labute approximate surface area is 185 Å². The fourth-order valence-corrected chi connectivity index (χ4v) is 5.88. The molecule has 1 aromatic rings. The van der Waals surface area contributed by atoms with Crippen LogP contribution in [-0.4, -0.2) is 56.8 Å². The maximum absolute atomic E-state index is 12.1. The summed E-state index contributed by atoms with van der Waals surface area (Å²) in [6, 6.07) is 6.22. The Morgan fingerprint density at radius 1 is 1.26 bits per heavy atom. The van der Waals surface area contributed by atoms with E-state index >= 15 is 0 Å². The molecule has 4 aliphatic rings. The molecular weight excluding hydrogens is 416 g/mol. The highest BCUT2D eigenvalue weighted by atomic mass is 32.2. The largest absolute Gasteiger partial charge is 0.447 e. The number of amides is 1. The Balaban J connectivity index is 1.24. The molecule has 4 bridgehead atoms. The summed E-state index contributed by atoms with van der Waals surface area (Å²) in [6.07, 6.45) is 5.45. The van der Waals surface area contributed by atoms with Crippen molar-refractivity contribution in [1.29, 1.82) is 0 Å². The maximum Gasteiger partial charge on any atom is 0.410 e. The molecule has 1 saturated heterocycles. The summed E-state index contributed by atoms with van der Waals surface area (Å²) < 4.78 is 35.7. The van der Waals surface area contributed by atoms with Gasteiger partial charge in [0, 0.05) is 32.4 Å². The molecule has 8 heteroatoms. The van der Waals surface area contributed by atoms with E-state index in [4.69, 9.17) is 9.47 Å². The number of hydrogen-bond donors (Lipinski definition) is 1. The molecule has 3 unspecified atom stereocenters. The zero-order valence-corrected chi connectivity index (χ0v) is 19.5. The first-order valence-electron chi connectivity index (χ1n) is 11.4.